The molecule has 174 valence electrons. The van der Waals surface area contributed by atoms with Gasteiger partial charge < -0.3 is 9.88 Å². The summed E-state index contributed by atoms with van der Waals surface area (Å²) in [6.45, 7) is 1.65. The van der Waals surface area contributed by atoms with Crippen LogP contribution in [0.2, 0.25) is 0 Å². The molecule has 7 nitrogen and oxygen atoms in total. The van der Waals surface area contributed by atoms with Crippen molar-refractivity contribution in [3.63, 3.8) is 0 Å². The first-order chi connectivity index (χ1) is 17.2. The molecule has 1 amide bonds. The number of amides is 1. The Bertz CT molecular complexity index is 1620. The maximum Gasteiger partial charge on any atom is 0.261 e. The van der Waals surface area contributed by atoms with Crippen LogP contribution < -0.4 is 10.9 Å². The summed E-state index contributed by atoms with van der Waals surface area (Å²) in [6.07, 6.45) is 3.55. The van der Waals surface area contributed by atoms with Crippen LogP contribution in [0.15, 0.2) is 77.7 Å². The number of benzene rings is 2. The molecule has 2 aromatic carbocycles. The van der Waals surface area contributed by atoms with E-state index in [9.17, 15) is 9.59 Å². The summed E-state index contributed by atoms with van der Waals surface area (Å²) < 4.78 is 3.95. The Labute approximate surface area is 202 Å². The fraction of sp³-hybridized carbons (Fsp3) is 0.214. The highest BCUT2D eigenvalue weighted by Crippen LogP contribution is 2.36. The first-order valence-corrected chi connectivity index (χ1v) is 12.0. The lowest BCUT2D eigenvalue weighted by molar-refractivity contribution is -0.121. The van der Waals surface area contributed by atoms with E-state index in [0.29, 0.717) is 49.2 Å². The van der Waals surface area contributed by atoms with Crippen LogP contribution in [0.1, 0.15) is 17.7 Å². The van der Waals surface area contributed by atoms with Gasteiger partial charge in [0, 0.05) is 55.3 Å². The number of pyridine rings is 1. The van der Waals surface area contributed by atoms with Crippen molar-refractivity contribution in [2.24, 2.45) is 0 Å². The second kappa shape index (κ2) is 8.83. The largest absolute Gasteiger partial charge is 0.356 e. The van der Waals surface area contributed by atoms with Crippen LogP contribution in [-0.2, 0) is 30.7 Å². The smallest absolute Gasteiger partial charge is 0.261 e. The second-order valence-corrected chi connectivity index (χ2v) is 8.83. The maximum atomic E-state index is 13.3. The van der Waals surface area contributed by atoms with Gasteiger partial charge in [0.05, 0.1) is 16.6 Å². The Balaban J connectivity index is 1.33. The molecule has 0 saturated carbocycles. The number of fused-ring (bicyclic) bond motifs is 6. The van der Waals surface area contributed by atoms with Crippen molar-refractivity contribution in [1.29, 1.82) is 0 Å². The fourth-order valence-electron chi connectivity index (χ4n) is 5.07. The number of rotatable bonds is 6. The first kappa shape index (κ1) is 21.3. The Hall–Kier alpha value is -4.26. The summed E-state index contributed by atoms with van der Waals surface area (Å²) in [6, 6.07) is 21.5. The highest BCUT2D eigenvalue weighted by atomic mass is 16.1. The van der Waals surface area contributed by atoms with E-state index in [1.165, 1.54) is 5.56 Å². The Morgan fingerprint density at radius 2 is 1.77 bits per heavy atom. The molecule has 6 rings (SSSR count). The molecule has 1 aliphatic heterocycles. The average Bonchev–Trinajstić information content (AvgIpc) is 3.22. The number of hydrogen-bond acceptors (Lipinski definition) is 4. The summed E-state index contributed by atoms with van der Waals surface area (Å²) in [7, 11) is 0. The van der Waals surface area contributed by atoms with Gasteiger partial charge >= 0.3 is 0 Å². The zero-order valence-corrected chi connectivity index (χ0v) is 19.3. The second-order valence-electron chi connectivity index (χ2n) is 8.83. The monoisotopic (exact) mass is 463 g/mol. The van der Waals surface area contributed by atoms with Crippen LogP contribution in [-0.4, -0.2) is 31.6 Å². The van der Waals surface area contributed by atoms with Gasteiger partial charge in [0.25, 0.3) is 5.56 Å². The molecule has 0 saturated heterocycles. The first-order valence-electron chi connectivity index (χ1n) is 12.0. The lowest BCUT2D eigenvalue weighted by Crippen LogP contribution is -2.29. The van der Waals surface area contributed by atoms with Gasteiger partial charge in [-0.2, -0.15) is 0 Å². The number of carbonyl (C=O) groups is 1. The van der Waals surface area contributed by atoms with Crippen molar-refractivity contribution in [2.75, 3.05) is 6.54 Å². The van der Waals surface area contributed by atoms with E-state index >= 15 is 0 Å². The molecular formula is C28H25N5O2. The van der Waals surface area contributed by atoms with Gasteiger partial charge in [-0.25, -0.2) is 4.98 Å². The number of aromatic nitrogens is 4. The van der Waals surface area contributed by atoms with Crippen LogP contribution in [0.3, 0.4) is 0 Å². The molecule has 0 spiro atoms. The quantitative estimate of drug-likeness (QED) is 0.416. The van der Waals surface area contributed by atoms with Crippen molar-refractivity contribution in [3.8, 4) is 11.5 Å². The average molecular weight is 464 g/mol. The molecule has 0 unspecified atom stereocenters. The van der Waals surface area contributed by atoms with Crippen molar-refractivity contribution >= 4 is 27.7 Å². The van der Waals surface area contributed by atoms with Gasteiger partial charge in [0.1, 0.15) is 0 Å². The minimum atomic E-state index is -0.0136. The lowest BCUT2D eigenvalue weighted by Gasteiger charge is -2.21. The third-order valence-corrected chi connectivity index (χ3v) is 6.73. The zero-order valence-electron chi connectivity index (χ0n) is 19.3. The summed E-state index contributed by atoms with van der Waals surface area (Å²) in [4.78, 5) is 35.2. The lowest BCUT2D eigenvalue weighted by atomic mass is 10.0. The molecule has 35 heavy (non-hydrogen) atoms. The van der Waals surface area contributed by atoms with E-state index in [4.69, 9.17) is 4.98 Å². The van der Waals surface area contributed by atoms with Gasteiger partial charge in [-0.1, -0.05) is 36.4 Å². The Morgan fingerprint density at radius 1 is 0.971 bits per heavy atom. The molecule has 0 fully saturated rings. The van der Waals surface area contributed by atoms with E-state index in [0.717, 1.165) is 28.7 Å². The number of nitrogens with one attached hydrogen (secondary N) is 1. The van der Waals surface area contributed by atoms with Crippen LogP contribution in [0.25, 0.3) is 33.3 Å². The van der Waals surface area contributed by atoms with Gasteiger partial charge in [-0.05, 0) is 42.3 Å². The number of nitrogens with zero attached hydrogens (tertiary/aromatic N) is 4. The van der Waals surface area contributed by atoms with E-state index in [1.54, 1.807) is 10.8 Å². The predicted octanol–water partition coefficient (Wildman–Crippen LogP) is 3.72. The van der Waals surface area contributed by atoms with Crippen LogP contribution in [0.5, 0.6) is 0 Å². The maximum absolute atomic E-state index is 13.3. The van der Waals surface area contributed by atoms with E-state index < -0.39 is 0 Å². The van der Waals surface area contributed by atoms with Crippen molar-refractivity contribution in [2.45, 2.75) is 32.4 Å². The molecule has 0 radical (unpaired) electrons. The molecule has 1 N–H and O–H groups in total. The van der Waals surface area contributed by atoms with Gasteiger partial charge in [-0.3, -0.25) is 19.1 Å². The summed E-state index contributed by atoms with van der Waals surface area (Å²) in [5, 5.41) is 4.80. The van der Waals surface area contributed by atoms with Gasteiger partial charge in [-0.15, -0.1) is 0 Å². The molecular weight excluding hydrogens is 438 g/mol. The SMILES string of the molecule is O=C(CCn1c2c(c3ccccc31)CCn1c-2nc2ccccc2c1=O)NCCc1ccccn1. The van der Waals surface area contributed by atoms with Crippen molar-refractivity contribution < 1.29 is 4.79 Å². The van der Waals surface area contributed by atoms with E-state index in [2.05, 4.69) is 27.0 Å². The molecule has 4 heterocycles. The standard InChI is InChI=1S/C28H25N5O2/c34-25(30-16-12-19-7-5-6-15-29-19)14-18-32-24-11-4-2-8-20(24)21-13-17-33-27(26(21)32)31-23-10-3-1-9-22(23)28(33)35/h1-11,15H,12-14,16-18H2,(H,30,34). The van der Waals surface area contributed by atoms with Gasteiger partial charge in [0.2, 0.25) is 5.91 Å². The normalized spacial score (nSPS) is 12.5. The van der Waals surface area contributed by atoms with Crippen LogP contribution >= 0.6 is 0 Å². The summed E-state index contributed by atoms with van der Waals surface area (Å²) in [5.74, 6) is 0.675. The van der Waals surface area contributed by atoms with Crippen LogP contribution in [0, 0.1) is 0 Å². The number of carbonyl (C=O) groups excluding carboxylic acids is 1. The Kier molecular flexibility index (Phi) is 5.37. The number of aryl methyl sites for hydroxylation is 2. The number of hydrogen-bond donors (Lipinski definition) is 1. The highest BCUT2D eigenvalue weighted by Gasteiger charge is 2.27. The fourth-order valence-corrected chi connectivity index (χ4v) is 5.07. The molecule has 0 aliphatic carbocycles. The topological polar surface area (TPSA) is 81.8 Å². The predicted molar refractivity (Wildman–Crippen MR) is 136 cm³/mol. The van der Waals surface area contributed by atoms with Crippen molar-refractivity contribution in [1.82, 2.24) is 24.4 Å². The number of para-hydroxylation sites is 2. The third kappa shape index (κ3) is 3.79. The van der Waals surface area contributed by atoms with Crippen LogP contribution in [0.4, 0.5) is 0 Å². The zero-order chi connectivity index (χ0) is 23.8. The minimum Gasteiger partial charge on any atom is -0.356 e. The van der Waals surface area contributed by atoms with E-state index in [1.807, 2.05) is 54.6 Å². The summed E-state index contributed by atoms with van der Waals surface area (Å²) >= 11 is 0. The molecule has 7 heteroatoms. The minimum absolute atomic E-state index is 0.00728. The molecule has 0 bridgehead atoms. The molecule has 3 aromatic heterocycles. The molecule has 5 aromatic rings. The third-order valence-electron chi connectivity index (χ3n) is 6.73. The van der Waals surface area contributed by atoms with Crippen molar-refractivity contribution in [3.05, 3.63) is 94.5 Å². The highest BCUT2D eigenvalue weighted by molar-refractivity contribution is 5.92. The molecule has 0 atom stereocenters. The van der Waals surface area contributed by atoms with E-state index in [-0.39, 0.29) is 11.5 Å². The molecule has 1 aliphatic rings. The van der Waals surface area contributed by atoms with Gasteiger partial charge in [0.15, 0.2) is 5.82 Å². The Morgan fingerprint density at radius 3 is 2.63 bits per heavy atom. The summed E-state index contributed by atoms with van der Waals surface area (Å²) in [5.41, 5.74) is 4.84.